The van der Waals surface area contributed by atoms with E-state index >= 15 is 0 Å². The van der Waals surface area contributed by atoms with Crippen molar-refractivity contribution in [1.29, 1.82) is 15.8 Å². The summed E-state index contributed by atoms with van der Waals surface area (Å²) in [5, 5.41) is 38.8. The zero-order chi connectivity index (χ0) is 34.1. The minimum Gasteiger partial charge on any atom is -0.308 e. The second-order valence-electron chi connectivity index (χ2n) is 12.2. The summed E-state index contributed by atoms with van der Waals surface area (Å²) in [4.78, 5) is 0. The van der Waals surface area contributed by atoms with Crippen molar-refractivity contribution in [2.45, 2.75) is 0 Å². The first-order chi connectivity index (χ1) is 24.7. The van der Waals surface area contributed by atoms with E-state index in [-0.39, 0.29) is 0 Å². The molecule has 0 aliphatic rings. The molecular weight excluding hydrogens is 625 g/mol. The van der Waals surface area contributed by atoms with Crippen LogP contribution in [0.3, 0.4) is 0 Å². The van der Waals surface area contributed by atoms with Crippen LogP contribution in [0.1, 0.15) is 16.7 Å². The van der Waals surface area contributed by atoms with Crippen molar-refractivity contribution >= 4 is 50.6 Å². The first-order valence-electron chi connectivity index (χ1n) is 16.4. The summed E-state index contributed by atoms with van der Waals surface area (Å²) in [6.45, 7) is 0. The number of nitrogens with zero attached hydrogens (tertiary/aromatic N) is 4. The van der Waals surface area contributed by atoms with Crippen LogP contribution in [0, 0.1) is 34.0 Å². The molecule has 0 radical (unpaired) electrons. The maximum Gasteiger partial charge on any atom is 0.180 e. The van der Waals surface area contributed by atoms with Crippen molar-refractivity contribution < 1.29 is 0 Å². The lowest BCUT2D eigenvalue weighted by Gasteiger charge is -2.35. The number of hydrogen-bond donors (Lipinski definition) is 0. The van der Waals surface area contributed by atoms with E-state index in [1.54, 1.807) is 0 Å². The summed E-state index contributed by atoms with van der Waals surface area (Å²) in [7, 11) is -3.10. The molecule has 1 heterocycles. The standard InChI is InChI=1S/C45H28N4Si/c46-29-33-25-27-44(50(35-14-4-1-5-15-35,36-16-6-2-7-17-36)37-18-8-3-9-19-37)40(31-48)45(33)32-24-26-41(34(28-32)30-47)49-42-22-12-10-20-38(42)39-21-11-13-23-43(39)49/h1-28H. The Balaban J connectivity index is 1.43. The van der Waals surface area contributed by atoms with E-state index in [0.717, 1.165) is 48.2 Å². The Morgan fingerprint density at radius 1 is 0.440 bits per heavy atom. The van der Waals surface area contributed by atoms with Crippen LogP contribution in [0.25, 0.3) is 38.6 Å². The number of nitriles is 3. The molecule has 7 aromatic carbocycles. The Morgan fingerprint density at radius 2 is 0.920 bits per heavy atom. The maximum absolute atomic E-state index is 11.1. The Kier molecular flexibility index (Phi) is 7.63. The largest absolute Gasteiger partial charge is 0.308 e. The maximum atomic E-state index is 11.1. The molecule has 0 atom stereocenters. The minimum atomic E-state index is -3.10. The molecule has 0 spiro atoms. The highest BCUT2D eigenvalue weighted by Crippen LogP contribution is 2.35. The summed E-state index contributed by atoms with van der Waals surface area (Å²) in [5.74, 6) is 0. The molecule has 0 unspecified atom stereocenters. The third-order valence-electron chi connectivity index (χ3n) is 9.69. The molecule has 8 rings (SSSR count). The third-order valence-corrected chi connectivity index (χ3v) is 14.5. The molecule has 0 saturated heterocycles. The van der Waals surface area contributed by atoms with Crippen molar-refractivity contribution in [2.75, 3.05) is 0 Å². The van der Waals surface area contributed by atoms with Crippen LogP contribution in [0.4, 0.5) is 0 Å². The number of hydrogen-bond acceptors (Lipinski definition) is 3. The van der Waals surface area contributed by atoms with Crippen LogP contribution >= 0.6 is 0 Å². The lowest BCUT2D eigenvalue weighted by molar-refractivity contribution is 1.17. The van der Waals surface area contributed by atoms with Gasteiger partial charge >= 0.3 is 0 Å². The SMILES string of the molecule is N#Cc1cc(-c2c(C#N)ccc([Si](c3ccccc3)(c3ccccc3)c3ccccc3)c2C#N)ccc1-n1c2ccccc2c2ccccc21. The normalized spacial score (nSPS) is 11.1. The Hall–Kier alpha value is -6.97. The molecule has 0 bridgehead atoms. The van der Waals surface area contributed by atoms with Gasteiger partial charge in [-0.15, -0.1) is 0 Å². The molecule has 0 saturated carbocycles. The van der Waals surface area contributed by atoms with Crippen LogP contribution in [-0.4, -0.2) is 12.6 Å². The molecule has 1 aromatic heterocycles. The fourth-order valence-corrected chi connectivity index (χ4v) is 12.5. The zero-order valence-corrected chi connectivity index (χ0v) is 28.0. The summed E-state index contributed by atoms with van der Waals surface area (Å²) in [6, 6.07) is 64.5. The average Bonchev–Trinajstić information content (AvgIpc) is 3.53. The molecule has 0 amide bonds. The second-order valence-corrected chi connectivity index (χ2v) is 16.0. The predicted molar refractivity (Wildman–Crippen MR) is 204 cm³/mol. The van der Waals surface area contributed by atoms with Crippen LogP contribution < -0.4 is 20.7 Å². The summed E-state index contributed by atoms with van der Waals surface area (Å²) >= 11 is 0. The van der Waals surface area contributed by atoms with Crippen molar-refractivity contribution in [3.8, 4) is 35.0 Å². The number of benzene rings is 7. The summed E-state index contributed by atoms with van der Waals surface area (Å²) < 4.78 is 2.12. The van der Waals surface area contributed by atoms with E-state index in [9.17, 15) is 15.8 Å². The number of para-hydroxylation sites is 2. The molecule has 50 heavy (non-hydrogen) atoms. The molecule has 4 nitrogen and oxygen atoms in total. The van der Waals surface area contributed by atoms with Crippen LogP contribution in [-0.2, 0) is 0 Å². The van der Waals surface area contributed by atoms with E-state index in [4.69, 9.17) is 0 Å². The predicted octanol–water partition coefficient (Wildman–Crippen LogP) is 7.44. The molecule has 0 fully saturated rings. The Morgan fingerprint density at radius 3 is 1.40 bits per heavy atom. The quantitative estimate of drug-likeness (QED) is 0.138. The van der Waals surface area contributed by atoms with Gasteiger partial charge in [-0.05, 0) is 56.6 Å². The first kappa shape index (κ1) is 30.4. The van der Waals surface area contributed by atoms with E-state index in [0.29, 0.717) is 27.8 Å². The van der Waals surface area contributed by atoms with Gasteiger partial charge in [-0.2, -0.15) is 15.8 Å². The Labute approximate surface area is 291 Å². The average molecular weight is 653 g/mol. The van der Waals surface area contributed by atoms with Gasteiger partial charge in [-0.25, -0.2) is 0 Å². The highest BCUT2D eigenvalue weighted by Gasteiger charge is 2.43. The van der Waals surface area contributed by atoms with Crippen molar-refractivity contribution in [2.24, 2.45) is 0 Å². The molecule has 232 valence electrons. The number of fused-ring (bicyclic) bond motifs is 3. The monoisotopic (exact) mass is 652 g/mol. The van der Waals surface area contributed by atoms with Crippen LogP contribution in [0.15, 0.2) is 170 Å². The summed E-state index contributed by atoms with van der Waals surface area (Å²) in [5.41, 5.74) is 5.21. The van der Waals surface area contributed by atoms with Gasteiger partial charge in [-0.3, -0.25) is 0 Å². The minimum absolute atomic E-state index is 0.385. The second kappa shape index (κ2) is 12.6. The fraction of sp³-hybridized carbons (Fsp3) is 0. The highest BCUT2D eigenvalue weighted by atomic mass is 28.3. The van der Waals surface area contributed by atoms with Gasteiger partial charge in [0.25, 0.3) is 0 Å². The van der Waals surface area contributed by atoms with Crippen LogP contribution in [0.5, 0.6) is 0 Å². The lowest BCUT2D eigenvalue weighted by atomic mass is 9.93. The van der Waals surface area contributed by atoms with Gasteiger partial charge in [0, 0.05) is 16.3 Å². The van der Waals surface area contributed by atoms with Crippen molar-refractivity contribution in [3.05, 3.63) is 187 Å². The summed E-state index contributed by atoms with van der Waals surface area (Å²) in [6.07, 6.45) is 0. The van der Waals surface area contributed by atoms with Gasteiger partial charge in [0.05, 0.1) is 45.5 Å². The molecule has 5 heteroatoms. The van der Waals surface area contributed by atoms with Gasteiger partial charge in [0.15, 0.2) is 8.07 Å². The smallest absolute Gasteiger partial charge is 0.180 e. The first-order valence-corrected chi connectivity index (χ1v) is 18.4. The topological polar surface area (TPSA) is 76.3 Å². The van der Waals surface area contributed by atoms with E-state index in [1.807, 2.05) is 109 Å². The zero-order valence-electron chi connectivity index (χ0n) is 27.0. The van der Waals surface area contributed by atoms with Crippen LogP contribution in [0.2, 0.25) is 0 Å². The molecule has 0 N–H and O–H groups in total. The van der Waals surface area contributed by atoms with Gasteiger partial charge in [-0.1, -0.05) is 140 Å². The van der Waals surface area contributed by atoms with Crippen molar-refractivity contribution in [1.82, 2.24) is 4.57 Å². The lowest BCUT2D eigenvalue weighted by Crippen LogP contribution is -2.75. The third kappa shape index (κ3) is 4.64. The number of aromatic nitrogens is 1. The highest BCUT2D eigenvalue weighted by molar-refractivity contribution is 7.20. The van der Waals surface area contributed by atoms with Gasteiger partial charge in [0.1, 0.15) is 6.07 Å². The van der Waals surface area contributed by atoms with Gasteiger partial charge < -0.3 is 4.57 Å². The van der Waals surface area contributed by atoms with E-state index in [1.165, 1.54) is 0 Å². The molecule has 8 aromatic rings. The number of rotatable bonds is 6. The fourth-order valence-electron chi connectivity index (χ4n) is 7.61. The van der Waals surface area contributed by atoms with E-state index in [2.05, 4.69) is 83.4 Å². The Bertz CT molecular complexity index is 2530. The van der Waals surface area contributed by atoms with Gasteiger partial charge in [0.2, 0.25) is 0 Å². The molecule has 0 aliphatic heterocycles. The van der Waals surface area contributed by atoms with Crippen molar-refractivity contribution in [3.63, 3.8) is 0 Å². The molecule has 0 aliphatic carbocycles. The van der Waals surface area contributed by atoms with E-state index < -0.39 is 8.07 Å². The molecular formula is C45H28N4Si.